The quantitative estimate of drug-likeness (QED) is 0.720. The van der Waals surface area contributed by atoms with Gasteiger partial charge in [0.2, 0.25) is 10.0 Å². The number of rotatable bonds is 6. The lowest BCUT2D eigenvalue weighted by molar-refractivity contribution is 0.528. The van der Waals surface area contributed by atoms with Gasteiger partial charge < -0.3 is 4.42 Å². The van der Waals surface area contributed by atoms with Gasteiger partial charge in [0, 0.05) is 18.0 Å². The fraction of sp³-hybridized carbons (Fsp3) is 0.333. The van der Waals surface area contributed by atoms with Gasteiger partial charge in [-0.3, -0.25) is 4.57 Å². The van der Waals surface area contributed by atoms with Gasteiger partial charge in [-0.2, -0.15) is 0 Å². The average molecular weight is 367 g/mol. The van der Waals surface area contributed by atoms with E-state index in [2.05, 4.69) is 9.71 Å². The highest BCUT2D eigenvalue weighted by molar-refractivity contribution is 7.89. The molecular weight excluding hydrogens is 350 g/mol. The smallest absolute Gasteiger partial charge is 0.408 e. The Balaban J connectivity index is 1.81. The lowest BCUT2D eigenvalue weighted by Crippen LogP contribution is -2.25. The summed E-state index contributed by atoms with van der Waals surface area (Å²) in [5.41, 5.74) is 2.75. The Bertz CT molecular complexity index is 1030. The summed E-state index contributed by atoms with van der Waals surface area (Å²) < 4.78 is 32.5. The first kappa shape index (κ1) is 16.9. The van der Waals surface area contributed by atoms with Crippen LogP contribution < -0.4 is 10.5 Å². The highest BCUT2D eigenvalue weighted by atomic mass is 32.2. The zero-order chi connectivity index (χ0) is 17.3. The minimum Gasteiger partial charge on any atom is -0.408 e. The molecule has 128 valence electrons. The maximum Gasteiger partial charge on any atom is 0.419 e. The lowest BCUT2D eigenvalue weighted by Gasteiger charge is -2.02. The van der Waals surface area contributed by atoms with Crippen LogP contribution in [0.2, 0.25) is 0 Å². The van der Waals surface area contributed by atoms with E-state index in [9.17, 15) is 13.2 Å². The molecule has 24 heavy (non-hydrogen) atoms. The number of aryl methyl sites for hydroxylation is 1. The minimum atomic E-state index is -3.25. The molecule has 0 bridgehead atoms. The van der Waals surface area contributed by atoms with Crippen LogP contribution in [-0.4, -0.2) is 23.7 Å². The van der Waals surface area contributed by atoms with Crippen LogP contribution in [0.5, 0.6) is 0 Å². The molecule has 0 saturated heterocycles. The number of nitrogens with zero attached hydrogens (tertiary/aromatic N) is 2. The van der Waals surface area contributed by atoms with Gasteiger partial charge in [0.25, 0.3) is 0 Å². The van der Waals surface area contributed by atoms with Gasteiger partial charge in [0.05, 0.1) is 23.5 Å². The molecule has 0 atom stereocenters. The Morgan fingerprint density at radius 3 is 2.92 bits per heavy atom. The number of hydrogen-bond acceptors (Lipinski definition) is 6. The molecule has 3 aromatic rings. The number of aromatic nitrogens is 2. The topological polar surface area (TPSA) is 94.2 Å². The van der Waals surface area contributed by atoms with Gasteiger partial charge in [-0.1, -0.05) is 13.0 Å². The Morgan fingerprint density at radius 1 is 1.38 bits per heavy atom. The van der Waals surface area contributed by atoms with Crippen LogP contribution in [0.15, 0.2) is 32.8 Å². The molecule has 0 aliphatic heterocycles. The second-order valence-electron chi connectivity index (χ2n) is 5.38. The minimum absolute atomic E-state index is 0.106. The zero-order valence-electron chi connectivity index (χ0n) is 13.3. The van der Waals surface area contributed by atoms with E-state index in [4.69, 9.17) is 4.42 Å². The molecule has 9 heteroatoms. The third-order valence-corrected chi connectivity index (χ3v) is 5.93. The Morgan fingerprint density at radius 2 is 2.17 bits per heavy atom. The molecule has 0 unspecified atom stereocenters. The second kappa shape index (κ2) is 6.50. The largest absolute Gasteiger partial charge is 0.419 e. The molecule has 2 aromatic heterocycles. The van der Waals surface area contributed by atoms with Crippen molar-refractivity contribution in [3.63, 3.8) is 0 Å². The summed E-state index contributed by atoms with van der Waals surface area (Å²) in [5.74, 6) is -0.305. The Labute approximate surface area is 143 Å². The molecular formula is C15H17N3O4S2. The molecule has 2 heterocycles. The second-order valence-corrected chi connectivity index (χ2v) is 8.25. The van der Waals surface area contributed by atoms with E-state index < -0.39 is 15.8 Å². The summed E-state index contributed by atoms with van der Waals surface area (Å²) in [7, 11) is -1.60. The number of benzene rings is 1. The van der Waals surface area contributed by atoms with Gasteiger partial charge in [-0.25, -0.2) is 22.9 Å². The third-order valence-electron chi connectivity index (χ3n) is 3.56. The van der Waals surface area contributed by atoms with Gasteiger partial charge in [-0.15, -0.1) is 11.3 Å². The molecule has 0 aliphatic rings. The van der Waals surface area contributed by atoms with Crippen LogP contribution in [0.4, 0.5) is 0 Å². The summed E-state index contributed by atoms with van der Waals surface area (Å²) >= 11 is 1.38. The van der Waals surface area contributed by atoms with Crippen molar-refractivity contribution in [2.75, 3.05) is 5.75 Å². The highest BCUT2D eigenvalue weighted by Crippen LogP contribution is 2.25. The van der Waals surface area contributed by atoms with Crippen molar-refractivity contribution < 1.29 is 12.8 Å². The maximum absolute atomic E-state index is 11.7. The van der Waals surface area contributed by atoms with Crippen molar-refractivity contribution in [3.05, 3.63) is 39.1 Å². The van der Waals surface area contributed by atoms with Crippen LogP contribution >= 0.6 is 11.3 Å². The van der Waals surface area contributed by atoms with Crippen LogP contribution in [-0.2, 0) is 23.6 Å². The number of sulfonamides is 1. The fourth-order valence-electron chi connectivity index (χ4n) is 2.33. The zero-order valence-corrected chi connectivity index (χ0v) is 14.9. The predicted octanol–water partition coefficient (Wildman–Crippen LogP) is 2.08. The first-order valence-electron chi connectivity index (χ1n) is 7.41. The predicted molar refractivity (Wildman–Crippen MR) is 93.5 cm³/mol. The summed E-state index contributed by atoms with van der Waals surface area (Å²) in [6, 6.07) is 5.42. The summed E-state index contributed by atoms with van der Waals surface area (Å²) in [5, 5.41) is 2.53. The van der Waals surface area contributed by atoms with E-state index in [1.165, 1.54) is 15.9 Å². The van der Waals surface area contributed by atoms with Crippen molar-refractivity contribution in [1.29, 1.82) is 0 Å². The molecule has 0 fully saturated rings. The molecule has 1 aromatic carbocycles. The average Bonchev–Trinajstić information content (AvgIpc) is 3.11. The molecule has 0 saturated carbocycles. The lowest BCUT2D eigenvalue weighted by atomic mass is 10.1. The van der Waals surface area contributed by atoms with Crippen molar-refractivity contribution in [1.82, 2.24) is 14.3 Å². The van der Waals surface area contributed by atoms with Crippen molar-refractivity contribution in [2.45, 2.75) is 19.9 Å². The summed E-state index contributed by atoms with van der Waals surface area (Å²) in [6.07, 6.45) is 0.570. The third kappa shape index (κ3) is 3.42. The molecule has 7 nitrogen and oxygen atoms in total. The van der Waals surface area contributed by atoms with Crippen LogP contribution in [0, 0.1) is 0 Å². The van der Waals surface area contributed by atoms with Crippen molar-refractivity contribution in [2.24, 2.45) is 7.05 Å². The molecule has 1 N–H and O–H groups in total. The standard InChI is InChI=1S/C15H17N3O4S2/c1-3-6-24(20,21)16-8-14-17-11(9-23-14)10-4-5-12-13(7-10)22-15(19)18(12)2/h4-5,7,9,16H,3,6,8H2,1-2H3. The van der Waals surface area contributed by atoms with Crippen molar-refractivity contribution in [3.8, 4) is 11.3 Å². The van der Waals surface area contributed by atoms with E-state index in [0.717, 1.165) is 11.3 Å². The van der Waals surface area contributed by atoms with E-state index >= 15 is 0 Å². The molecule has 0 aliphatic carbocycles. The van der Waals surface area contributed by atoms with Gasteiger partial charge in [-0.05, 0) is 18.6 Å². The highest BCUT2D eigenvalue weighted by Gasteiger charge is 2.12. The molecule has 3 rings (SSSR count). The SMILES string of the molecule is CCCS(=O)(=O)NCc1nc(-c2ccc3c(c2)oc(=O)n3C)cs1. The number of oxazole rings is 1. The van der Waals surface area contributed by atoms with Crippen molar-refractivity contribution >= 4 is 32.5 Å². The van der Waals surface area contributed by atoms with E-state index in [1.807, 2.05) is 18.4 Å². The molecule has 0 radical (unpaired) electrons. The van der Waals surface area contributed by atoms with E-state index in [1.54, 1.807) is 19.2 Å². The maximum atomic E-state index is 11.7. The first-order chi connectivity index (χ1) is 11.4. The first-order valence-corrected chi connectivity index (χ1v) is 9.94. The normalized spacial score (nSPS) is 12.1. The monoisotopic (exact) mass is 367 g/mol. The molecule has 0 spiro atoms. The van der Waals surface area contributed by atoms with Crippen LogP contribution in [0.1, 0.15) is 18.4 Å². The van der Waals surface area contributed by atoms with E-state index in [-0.39, 0.29) is 12.3 Å². The summed E-state index contributed by atoms with van der Waals surface area (Å²) in [6.45, 7) is 1.99. The number of thiazole rings is 1. The number of nitrogens with one attached hydrogen (secondary N) is 1. The van der Waals surface area contributed by atoms with Crippen LogP contribution in [0.25, 0.3) is 22.4 Å². The Hall–Kier alpha value is -1.97. The van der Waals surface area contributed by atoms with E-state index in [0.29, 0.717) is 22.5 Å². The van der Waals surface area contributed by atoms with Gasteiger partial charge >= 0.3 is 5.76 Å². The van der Waals surface area contributed by atoms with Gasteiger partial charge in [0.1, 0.15) is 5.01 Å². The summed E-state index contributed by atoms with van der Waals surface area (Å²) in [4.78, 5) is 16.0. The Kier molecular flexibility index (Phi) is 4.57. The molecule has 0 amide bonds. The van der Waals surface area contributed by atoms with Crippen LogP contribution in [0.3, 0.4) is 0 Å². The number of fused-ring (bicyclic) bond motifs is 1. The van der Waals surface area contributed by atoms with Gasteiger partial charge in [0.15, 0.2) is 5.58 Å². The number of hydrogen-bond donors (Lipinski definition) is 1. The fourth-order valence-corrected chi connectivity index (χ4v) is 4.20.